The molecule has 0 amide bonds. The molecule has 0 spiro atoms. The summed E-state index contributed by atoms with van der Waals surface area (Å²) in [5.41, 5.74) is -0.520. The summed E-state index contributed by atoms with van der Waals surface area (Å²) in [6.45, 7) is 3.96. The topological polar surface area (TPSA) is 74.5 Å². The molecule has 1 N–H and O–H groups in total. The van der Waals surface area contributed by atoms with Gasteiger partial charge in [0.15, 0.2) is 5.65 Å². The van der Waals surface area contributed by atoms with E-state index in [1.54, 1.807) is 12.1 Å². The molecule has 13 heteroatoms. The molecule has 1 saturated heterocycles. The first-order chi connectivity index (χ1) is 14.8. The minimum absolute atomic E-state index is 0.244. The largest absolute Gasteiger partial charge is 0.417 e. The first-order valence-electron chi connectivity index (χ1n) is 9.56. The molecule has 166 valence electrons. The average molecular weight is 442 g/mol. The quantitative estimate of drug-likeness (QED) is 0.589. The highest BCUT2D eigenvalue weighted by molar-refractivity contribution is 5.44. The van der Waals surface area contributed by atoms with Crippen LogP contribution in [0, 0.1) is 0 Å². The van der Waals surface area contributed by atoms with Crippen LogP contribution in [0.1, 0.15) is 17.8 Å². The second-order valence-corrected chi connectivity index (χ2v) is 7.01. The number of rotatable bonds is 6. The van der Waals surface area contributed by atoms with Crippen molar-refractivity contribution in [2.24, 2.45) is 0 Å². The number of hydrogen-bond donors (Lipinski definition) is 1. The van der Waals surface area contributed by atoms with Gasteiger partial charge in [0.05, 0.1) is 5.56 Å². The molecule has 0 radical (unpaired) electrons. The van der Waals surface area contributed by atoms with Crippen LogP contribution in [0.4, 0.5) is 33.6 Å². The molecule has 8 nitrogen and oxygen atoms in total. The van der Waals surface area contributed by atoms with Gasteiger partial charge in [0.1, 0.15) is 11.6 Å². The second-order valence-electron chi connectivity index (χ2n) is 7.01. The summed E-state index contributed by atoms with van der Waals surface area (Å²) in [7, 11) is 0. The molecule has 0 aliphatic carbocycles. The molecule has 3 aromatic heterocycles. The fourth-order valence-corrected chi connectivity index (χ4v) is 3.32. The molecule has 3 aromatic rings. The molecular weight excluding hydrogens is 423 g/mol. The van der Waals surface area contributed by atoms with Crippen molar-refractivity contribution in [2.45, 2.75) is 12.6 Å². The molecule has 0 aromatic carbocycles. The van der Waals surface area contributed by atoms with Crippen LogP contribution >= 0.6 is 0 Å². The number of piperazine rings is 1. The first-order valence-corrected chi connectivity index (χ1v) is 9.56. The molecule has 31 heavy (non-hydrogen) atoms. The Labute approximate surface area is 173 Å². The summed E-state index contributed by atoms with van der Waals surface area (Å²) < 4.78 is 64.9. The Morgan fingerprint density at radius 1 is 1.00 bits per heavy atom. The lowest BCUT2D eigenvalue weighted by molar-refractivity contribution is -0.137. The van der Waals surface area contributed by atoms with Crippen LogP contribution in [0.15, 0.2) is 30.5 Å². The maximum atomic E-state index is 12.9. The van der Waals surface area contributed by atoms with E-state index in [9.17, 15) is 22.0 Å². The molecule has 1 aliphatic rings. The highest BCUT2D eigenvalue weighted by Crippen LogP contribution is 2.29. The van der Waals surface area contributed by atoms with Crippen LogP contribution < -0.4 is 10.2 Å². The number of halogens is 5. The van der Waals surface area contributed by atoms with Crippen LogP contribution in [0.2, 0.25) is 0 Å². The van der Waals surface area contributed by atoms with Crippen molar-refractivity contribution < 1.29 is 22.0 Å². The Bertz CT molecular complexity index is 1010. The highest BCUT2D eigenvalue weighted by Gasteiger charge is 2.31. The van der Waals surface area contributed by atoms with E-state index in [0.29, 0.717) is 37.8 Å². The number of nitrogens with zero attached hydrogens (tertiary/aromatic N) is 7. The van der Waals surface area contributed by atoms with Gasteiger partial charge in [-0.1, -0.05) is 0 Å². The monoisotopic (exact) mass is 442 g/mol. The van der Waals surface area contributed by atoms with Crippen LogP contribution in [0.25, 0.3) is 5.65 Å². The van der Waals surface area contributed by atoms with Crippen LogP contribution in [-0.2, 0) is 6.18 Å². The van der Waals surface area contributed by atoms with Crippen molar-refractivity contribution >= 4 is 17.3 Å². The third-order valence-electron chi connectivity index (χ3n) is 4.99. The van der Waals surface area contributed by atoms with Crippen LogP contribution in [0.5, 0.6) is 0 Å². The molecule has 4 rings (SSSR count). The van der Waals surface area contributed by atoms with E-state index in [1.807, 2.05) is 4.90 Å². The number of nitrogens with one attached hydrogen (secondary N) is 1. The fraction of sp³-hybridized carbons (Fsp3) is 0.444. The van der Waals surface area contributed by atoms with E-state index < -0.39 is 24.0 Å². The SMILES string of the molecule is FC(F)c1nnc2ccc(NCCN3CCN(c4ccc(C(F)(F)F)cn4)CC3)nn12. The predicted octanol–water partition coefficient (Wildman–Crippen LogP) is 2.71. The van der Waals surface area contributed by atoms with Crippen LogP contribution in [0.3, 0.4) is 0 Å². The predicted molar refractivity (Wildman–Crippen MR) is 102 cm³/mol. The van der Waals surface area contributed by atoms with Gasteiger partial charge in [-0.3, -0.25) is 4.90 Å². The summed E-state index contributed by atoms with van der Waals surface area (Å²) in [5, 5.41) is 14.3. The number of fused-ring (bicyclic) bond motifs is 1. The smallest absolute Gasteiger partial charge is 0.367 e. The molecule has 1 fully saturated rings. The maximum absolute atomic E-state index is 12.9. The number of anilines is 2. The van der Waals surface area contributed by atoms with Gasteiger partial charge in [0, 0.05) is 45.5 Å². The van der Waals surface area contributed by atoms with Gasteiger partial charge in [0.25, 0.3) is 6.43 Å². The minimum atomic E-state index is -4.40. The summed E-state index contributed by atoms with van der Waals surface area (Å²) >= 11 is 0. The first kappa shape index (κ1) is 21.2. The lowest BCUT2D eigenvalue weighted by atomic mass is 10.2. The van der Waals surface area contributed by atoms with E-state index in [2.05, 4.69) is 30.5 Å². The average Bonchev–Trinajstić information content (AvgIpc) is 3.17. The van der Waals surface area contributed by atoms with Gasteiger partial charge in [-0.25, -0.2) is 13.8 Å². The van der Waals surface area contributed by atoms with Crippen LogP contribution in [-0.4, -0.2) is 69.0 Å². The van der Waals surface area contributed by atoms with Gasteiger partial charge >= 0.3 is 6.18 Å². The van der Waals surface area contributed by atoms with Crippen molar-refractivity contribution in [3.05, 3.63) is 41.9 Å². The molecule has 4 heterocycles. The number of pyridine rings is 1. The Morgan fingerprint density at radius 2 is 1.77 bits per heavy atom. The van der Waals surface area contributed by atoms with Gasteiger partial charge in [-0.15, -0.1) is 15.3 Å². The van der Waals surface area contributed by atoms with Gasteiger partial charge in [0.2, 0.25) is 5.82 Å². The summed E-state index contributed by atoms with van der Waals surface area (Å²) in [6.07, 6.45) is -6.32. The minimum Gasteiger partial charge on any atom is -0.367 e. The van der Waals surface area contributed by atoms with Crippen molar-refractivity contribution in [1.82, 2.24) is 29.7 Å². The molecular formula is C18H19F5N8. The van der Waals surface area contributed by atoms with Crippen molar-refractivity contribution in [3.8, 4) is 0 Å². The fourth-order valence-electron chi connectivity index (χ4n) is 3.32. The summed E-state index contributed by atoms with van der Waals surface area (Å²) in [6, 6.07) is 5.63. The van der Waals surface area contributed by atoms with Crippen molar-refractivity contribution in [1.29, 1.82) is 0 Å². The van der Waals surface area contributed by atoms with E-state index in [-0.39, 0.29) is 5.65 Å². The van der Waals surface area contributed by atoms with E-state index >= 15 is 0 Å². The number of alkyl halides is 5. The zero-order chi connectivity index (χ0) is 22.0. The standard InChI is InChI=1S/C18H19F5N8/c19-16(20)17-27-26-15-4-2-13(28-31(15)17)24-5-6-29-7-9-30(10-8-29)14-3-1-12(11-25-14)18(21,22)23/h1-4,11,16H,5-10H2,(H,24,28). The van der Waals surface area contributed by atoms with Crippen molar-refractivity contribution in [3.63, 3.8) is 0 Å². The van der Waals surface area contributed by atoms with Gasteiger partial charge in [-0.2, -0.15) is 17.7 Å². The van der Waals surface area contributed by atoms with Gasteiger partial charge in [-0.05, 0) is 24.3 Å². The Morgan fingerprint density at radius 3 is 2.42 bits per heavy atom. The molecule has 1 aliphatic heterocycles. The molecule has 0 bridgehead atoms. The Kier molecular flexibility index (Phi) is 5.85. The zero-order valence-electron chi connectivity index (χ0n) is 16.2. The number of hydrogen-bond acceptors (Lipinski definition) is 7. The lowest BCUT2D eigenvalue weighted by Crippen LogP contribution is -2.47. The second kappa shape index (κ2) is 8.57. The molecule has 0 unspecified atom stereocenters. The highest BCUT2D eigenvalue weighted by atomic mass is 19.4. The maximum Gasteiger partial charge on any atom is 0.417 e. The third-order valence-corrected chi connectivity index (χ3v) is 4.99. The third kappa shape index (κ3) is 4.81. The summed E-state index contributed by atoms with van der Waals surface area (Å²) in [4.78, 5) is 8.07. The van der Waals surface area contributed by atoms with E-state index in [1.165, 1.54) is 6.07 Å². The van der Waals surface area contributed by atoms with Crippen molar-refractivity contribution in [2.75, 3.05) is 49.5 Å². The van der Waals surface area contributed by atoms with E-state index in [4.69, 9.17) is 0 Å². The summed E-state index contributed by atoms with van der Waals surface area (Å²) in [5.74, 6) is 0.445. The Hall–Kier alpha value is -3.09. The van der Waals surface area contributed by atoms with Gasteiger partial charge < -0.3 is 10.2 Å². The molecule has 0 atom stereocenters. The molecule has 0 saturated carbocycles. The Balaban J connectivity index is 1.26. The number of aromatic nitrogens is 5. The van der Waals surface area contributed by atoms with E-state index in [0.717, 1.165) is 29.9 Å². The lowest BCUT2D eigenvalue weighted by Gasteiger charge is -2.35. The normalized spacial score (nSPS) is 15.7. The zero-order valence-corrected chi connectivity index (χ0v) is 16.2.